The highest BCUT2D eigenvalue weighted by Crippen LogP contribution is 2.57. The maximum Gasteiger partial charge on any atom is 0.396 e. The van der Waals surface area contributed by atoms with Crippen LogP contribution in [0, 0.1) is 5.41 Å². The molecule has 6 rings (SSSR count). The topological polar surface area (TPSA) is 83.8 Å². The number of aromatic amines is 1. The molecule has 0 unspecified atom stereocenters. The van der Waals surface area contributed by atoms with Crippen molar-refractivity contribution >= 4 is 22.6 Å². The maximum absolute atomic E-state index is 13.1. The van der Waals surface area contributed by atoms with Crippen LogP contribution in [0.25, 0.3) is 27.9 Å². The van der Waals surface area contributed by atoms with Crippen LogP contribution in [0.2, 0.25) is 0 Å². The first-order chi connectivity index (χ1) is 14.4. The van der Waals surface area contributed by atoms with E-state index in [1.165, 1.54) is 12.8 Å². The highest BCUT2D eigenvalue weighted by atomic mass is 19.4. The molecule has 4 heterocycles. The van der Waals surface area contributed by atoms with Crippen LogP contribution in [0.5, 0.6) is 0 Å². The molecule has 0 saturated heterocycles. The average Bonchev–Trinajstić information content (AvgIpc) is 3.64. The number of nitrogens with zero attached hydrogens (tertiary/aromatic N) is 5. The molecule has 0 amide bonds. The summed E-state index contributed by atoms with van der Waals surface area (Å²) in [6.07, 6.45) is 5.59. The third-order valence-corrected chi connectivity index (χ3v) is 6.16. The van der Waals surface area contributed by atoms with Crippen LogP contribution >= 0.6 is 0 Å². The van der Waals surface area contributed by atoms with Gasteiger partial charge in [-0.15, -0.1) is 0 Å². The van der Waals surface area contributed by atoms with Gasteiger partial charge in [-0.2, -0.15) is 23.3 Å². The van der Waals surface area contributed by atoms with Gasteiger partial charge in [-0.25, -0.2) is 14.5 Å². The number of halogens is 3. The number of hydrogen-bond acceptors (Lipinski definition) is 5. The Kier molecular flexibility index (Phi) is 3.49. The van der Waals surface area contributed by atoms with Crippen LogP contribution in [-0.2, 0) is 0 Å². The molecule has 0 aliphatic heterocycles. The van der Waals surface area contributed by atoms with Gasteiger partial charge in [0.25, 0.3) is 0 Å². The summed E-state index contributed by atoms with van der Waals surface area (Å²) in [4.78, 5) is 16.5. The second-order valence-corrected chi connectivity index (χ2v) is 8.25. The fourth-order valence-corrected chi connectivity index (χ4v) is 3.88. The second kappa shape index (κ2) is 5.93. The molecule has 7 nitrogen and oxygen atoms in total. The minimum atomic E-state index is -4.21. The predicted molar refractivity (Wildman–Crippen MR) is 104 cm³/mol. The van der Waals surface area contributed by atoms with Crippen molar-refractivity contribution in [1.29, 1.82) is 0 Å². The largest absolute Gasteiger partial charge is 0.396 e. The Morgan fingerprint density at radius 1 is 1.20 bits per heavy atom. The Labute approximate surface area is 168 Å². The fraction of sp³-hybridized carbons (Fsp3) is 0.400. The Balaban J connectivity index is 1.30. The van der Waals surface area contributed by atoms with Gasteiger partial charge >= 0.3 is 6.18 Å². The normalized spacial score (nSPS) is 18.2. The third kappa shape index (κ3) is 2.73. The molecule has 2 fully saturated rings. The predicted octanol–water partition coefficient (Wildman–Crippen LogP) is 4.30. The molecule has 30 heavy (non-hydrogen) atoms. The van der Waals surface area contributed by atoms with E-state index >= 15 is 0 Å². The number of anilines is 1. The number of fused-ring (bicyclic) bond motifs is 2. The molecule has 2 aliphatic rings. The average molecular weight is 413 g/mol. The van der Waals surface area contributed by atoms with E-state index in [-0.39, 0.29) is 25.3 Å². The third-order valence-electron chi connectivity index (χ3n) is 6.16. The van der Waals surface area contributed by atoms with Gasteiger partial charge in [-0.3, -0.25) is 0 Å². The van der Waals surface area contributed by atoms with Gasteiger partial charge in [0.1, 0.15) is 5.65 Å². The van der Waals surface area contributed by atoms with E-state index in [1.54, 1.807) is 16.9 Å². The van der Waals surface area contributed by atoms with Crippen LogP contribution in [0.1, 0.15) is 37.2 Å². The van der Waals surface area contributed by atoms with Gasteiger partial charge in [0, 0.05) is 41.6 Å². The quantitative estimate of drug-likeness (QED) is 0.510. The molecule has 2 saturated carbocycles. The lowest BCUT2D eigenvalue weighted by Crippen LogP contribution is -2.31. The Morgan fingerprint density at radius 2 is 2.03 bits per heavy atom. The van der Waals surface area contributed by atoms with Crippen molar-refractivity contribution < 1.29 is 13.2 Å². The number of nitrogens with one attached hydrogen (secondary N) is 2. The number of aromatic nitrogens is 6. The van der Waals surface area contributed by atoms with E-state index in [1.807, 2.05) is 18.5 Å². The lowest BCUT2D eigenvalue weighted by molar-refractivity contribution is -0.182. The minimum absolute atomic E-state index is 0.143. The van der Waals surface area contributed by atoms with Gasteiger partial charge in [0.15, 0.2) is 5.65 Å². The highest BCUT2D eigenvalue weighted by molar-refractivity contribution is 5.92. The van der Waals surface area contributed by atoms with Crippen LogP contribution in [-0.4, -0.2) is 42.3 Å². The van der Waals surface area contributed by atoms with Crippen LogP contribution in [0.3, 0.4) is 0 Å². The SMILES string of the molecule is FC(F)(F)C1(CNc2ncc3c(-c4ccn5ncc(C6CC6)c5n4)c[nH]c3n2)CC1. The molecular weight excluding hydrogens is 395 g/mol. The number of alkyl halides is 3. The van der Waals surface area contributed by atoms with Gasteiger partial charge in [-0.05, 0) is 37.7 Å². The van der Waals surface area contributed by atoms with E-state index in [9.17, 15) is 13.2 Å². The molecule has 0 bridgehead atoms. The smallest absolute Gasteiger partial charge is 0.353 e. The molecule has 2 N–H and O–H groups in total. The number of rotatable bonds is 5. The second-order valence-electron chi connectivity index (χ2n) is 8.25. The van der Waals surface area contributed by atoms with Crippen LogP contribution in [0.15, 0.2) is 30.9 Å². The molecule has 154 valence electrons. The number of H-pyrrole nitrogens is 1. The first-order valence-electron chi connectivity index (χ1n) is 9.93. The molecule has 2 aliphatic carbocycles. The van der Waals surface area contributed by atoms with E-state index in [0.29, 0.717) is 11.6 Å². The number of hydrogen-bond donors (Lipinski definition) is 2. The molecule has 10 heteroatoms. The summed E-state index contributed by atoms with van der Waals surface area (Å²) in [6.45, 7) is -0.209. The van der Waals surface area contributed by atoms with Crippen molar-refractivity contribution in [3.05, 3.63) is 36.4 Å². The summed E-state index contributed by atoms with van der Waals surface area (Å²) in [5, 5.41) is 7.89. The van der Waals surface area contributed by atoms with Crippen molar-refractivity contribution in [2.75, 3.05) is 11.9 Å². The zero-order valence-electron chi connectivity index (χ0n) is 15.9. The maximum atomic E-state index is 13.1. The zero-order chi connectivity index (χ0) is 20.5. The van der Waals surface area contributed by atoms with E-state index in [0.717, 1.165) is 27.9 Å². The Bertz CT molecular complexity index is 1260. The Morgan fingerprint density at radius 3 is 2.77 bits per heavy atom. The summed E-state index contributed by atoms with van der Waals surface area (Å²) in [5.74, 6) is 0.721. The first kappa shape index (κ1) is 17.7. The fourth-order valence-electron chi connectivity index (χ4n) is 3.88. The summed E-state index contributed by atoms with van der Waals surface area (Å²) < 4.78 is 41.1. The summed E-state index contributed by atoms with van der Waals surface area (Å²) in [5.41, 5.74) is 2.54. The lowest BCUT2D eigenvalue weighted by Gasteiger charge is -2.19. The van der Waals surface area contributed by atoms with Gasteiger partial charge < -0.3 is 10.3 Å². The highest BCUT2D eigenvalue weighted by Gasteiger charge is 2.62. The molecule has 0 radical (unpaired) electrons. The van der Waals surface area contributed by atoms with Gasteiger partial charge in [-0.1, -0.05) is 0 Å². The lowest BCUT2D eigenvalue weighted by atomic mass is 10.1. The first-order valence-corrected chi connectivity index (χ1v) is 9.93. The van der Waals surface area contributed by atoms with Crippen LogP contribution < -0.4 is 5.32 Å². The molecule has 0 aromatic carbocycles. The monoisotopic (exact) mass is 413 g/mol. The van der Waals surface area contributed by atoms with Crippen molar-refractivity contribution in [2.45, 2.75) is 37.8 Å². The minimum Gasteiger partial charge on any atom is -0.353 e. The molecule has 4 aromatic rings. The molecule has 4 aromatic heterocycles. The molecule has 0 atom stereocenters. The summed E-state index contributed by atoms with van der Waals surface area (Å²) in [7, 11) is 0. The van der Waals surface area contributed by atoms with Crippen molar-refractivity contribution in [2.24, 2.45) is 5.41 Å². The van der Waals surface area contributed by atoms with E-state index in [4.69, 9.17) is 4.98 Å². The van der Waals surface area contributed by atoms with Gasteiger partial charge in [0.2, 0.25) is 5.95 Å². The van der Waals surface area contributed by atoms with Gasteiger partial charge in [0.05, 0.1) is 17.3 Å². The van der Waals surface area contributed by atoms with E-state index in [2.05, 4.69) is 25.4 Å². The Hall–Kier alpha value is -3.17. The molecular formula is C20H18F3N7. The van der Waals surface area contributed by atoms with Crippen molar-refractivity contribution in [3.8, 4) is 11.3 Å². The molecule has 0 spiro atoms. The zero-order valence-corrected chi connectivity index (χ0v) is 15.9. The summed E-state index contributed by atoms with van der Waals surface area (Å²) in [6, 6.07) is 1.88. The standard InChI is InChI=1S/C20H18F3N7/c21-20(22,23)19(4-5-19)10-26-18-25-8-14-13(7-24-16(14)29-18)15-3-6-30-17(28-15)12(9-27-30)11-1-2-11/h3,6-9,11H,1-2,4-5,10H2,(H2,24,25,26,29). The van der Waals surface area contributed by atoms with Crippen molar-refractivity contribution in [3.63, 3.8) is 0 Å². The van der Waals surface area contributed by atoms with Crippen LogP contribution in [0.4, 0.5) is 19.1 Å². The van der Waals surface area contributed by atoms with E-state index < -0.39 is 11.6 Å². The summed E-state index contributed by atoms with van der Waals surface area (Å²) >= 11 is 0. The van der Waals surface area contributed by atoms with Crippen molar-refractivity contribution in [1.82, 2.24) is 29.5 Å².